The van der Waals surface area contributed by atoms with E-state index in [2.05, 4.69) is 0 Å². The Morgan fingerprint density at radius 2 is 2.14 bits per heavy atom. The fourth-order valence-electron chi connectivity index (χ4n) is 2.59. The van der Waals surface area contributed by atoms with E-state index in [-0.39, 0.29) is 24.7 Å². The van der Waals surface area contributed by atoms with Crippen LogP contribution in [0.4, 0.5) is 0 Å². The van der Waals surface area contributed by atoms with E-state index >= 15 is 0 Å². The van der Waals surface area contributed by atoms with E-state index in [4.69, 9.17) is 21.1 Å². The largest absolute Gasteiger partial charge is 0.482 e. The minimum atomic E-state index is -0.663. The highest BCUT2D eigenvalue weighted by atomic mass is 35.5. The van der Waals surface area contributed by atoms with Gasteiger partial charge in [0.15, 0.2) is 6.61 Å². The number of ether oxygens (including phenoxy) is 2. The molecule has 0 saturated heterocycles. The lowest BCUT2D eigenvalue weighted by Gasteiger charge is -2.28. The number of likely N-dealkylation sites (N-methyl/N-ethyl adjacent to an activating group) is 1. The molecule has 1 saturated carbocycles. The molecule has 3 atom stereocenters. The number of methoxy groups -OCH3 is 1. The van der Waals surface area contributed by atoms with Crippen LogP contribution >= 0.6 is 11.6 Å². The van der Waals surface area contributed by atoms with E-state index in [0.29, 0.717) is 17.2 Å². The number of para-hydroxylation sites is 1. The molecule has 0 radical (unpaired) electrons. The molecule has 2 rings (SSSR count). The predicted molar refractivity (Wildman–Crippen MR) is 79.5 cm³/mol. The van der Waals surface area contributed by atoms with Crippen LogP contribution in [0.5, 0.6) is 5.75 Å². The zero-order valence-electron chi connectivity index (χ0n) is 12.2. The van der Waals surface area contributed by atoms with Crippen molar-refractivity contribution >= 4 is 17.5 Å². The summed E-state index contributed by atoms with van der Waals surface area (Å²) in [5, 5.41) is 10.6. The summed E-state index contributed by atoms with van der Waals surface area (Å²) >= 11 is 5.97. The lowest BCUT2D eigenvalue weighted by molar-refractivity contribution is -0.136. The molecule has 116 valence electrons. The third-order valence-electron chi connectivity index (χ3n) is 3.90. The van der Waals surface area contributed by atoms with E-state index in [1.807, 2.05) is 0 Å². The molecule has 0 aromatic heterocycles. The Morgan fingerprint density at radius 3 is 2.76 bits per heavy atom. The summed E-state index contributed by atoms with van der Waals surface area (Å²) in [7, 11) is 3.24. The van der Waals surface area contributed by atoms with Crippen LogP contribution in [0.1, 0.15) is 12.8 Å². The van der Waals surface area contributed by atoms with Crippen LogP contribution in [0.3, 0.4) is 0 Å². The van der Waals surface area contributed by atoms with Gasteiger partial charge < -0.3 is 19.5 Å². The maximum Gasteiger partial charge on any atom is 0.260 e. The van der Waals surface area contributed by atoms with Gasteiger partial charge in [0.2, 0.25) is 0 Å². The molecule has 1 aromatic rings. The smallest absolute Gasteiger partial charge is 0.260 e. The molecule has 21 heavy (non-hydrogen) atoms. The van der Waals surface area contributed by atoms with Gasteiger partial charge in [-0.2, -0.15) is 0 Å². The van der Waals surface area contributed by atoms with Gasteiger partial charge in [-0.1, -0.05) is 23.7 Å². The molecule has 5 nitrogen and oxygen atoms in total. The molecule has 0 bridgehead atoms. The first-order valence-electron chi connectivity index (χ1n) is 6.88. The quantitative estimate of drug-likeness (QED) is 0.899. The number of halogens is 1. The summed E-state index contributed by atoms with van der Waals surface area (Å²) < 4.78 is 10.6. The van der Waals surface area contributed by atoms with Crippen molar-refractivity contribution in [3.8, 4) is 5.75 Å². The molecule has 1 aliphatic carbocycles. The SMILES string of the molecule is CO[C@@H]1CC[C@@H](N(C)C(=O)COc2ccccc2Cl)[C@H]1O. The van der Waals surface area contributed by atoms with Gasteiger partial charge in [0, 0.05) is 14.2 Å². The van der Waals surface area contributed by atoms with E-state index < -0.39 is 6.10 Å². The van der Waals surface area contributed by atoms with E-state index in [9.17, 15) is 9.90 Å². The lowest BCUT2D eigenvalue weighted by Crippen LogP contribution is -2.46. The van der Waals surface area contributed by atoms with Crippen LogP contribution in [-0.2, 0) is 9.53 Å². The number of rotatable bonds is 5. The maximum absolute atomic E-state index is 12.2. The number of amides is 1. The standard InChI is InChI=1S/C15H20ClNO4/c1-17(11-7-8-13(20-2)15(11)19)14(18)9-21-12-6-4-3-5-10(12)16/h3-6,11,13,15,19H,7-9H2,1-2H3/t11-,13-,15-/m1/s1. The van der Waals surface area contributed by atoms with Gasteiger partial charge in [0.1, 0.15) is 11.9 Å². The predicted octanol–water partition coefficient (Wildman–Crippen LogP) is 1.72. The maximum atomic E-state index is 12.2. The summed E-state index contributed by atoms with van der Waals surface area (Å²) in [6.07, 6.45) is 0.582. The number of hydrogen-bond donors (Lipinski definition) is 1. The van der Waals surface area contributed by atoms with Crippen molar-refractivity contribution in [1.29, 1.82) is 0 Å². The highest BCUT2D eigenvalue weighted by Crippen LogP contribution is 2.27. The summed E-state index contributed by atoms with van der Waals surface area (Å²) in [5.41, 5.74) is 0. The van der Waals surface area contributed by atoms with Gasteiger partial charge in [0.05, 0.1) is 17.2 Å². The topological polar surface area (TPSA) is 59.0 Å². The fourth-order valence-corrected chi connectivity index (χ4v) is 2.78. The number of carbonyl (C=O) groups is 1. The van der Waals surface area contributed by atoms with Crippen LogP contribution in [0, 0.1) is 0 Å². The number of benzene rings is 1. The Labute approximate surface area is 129 Å². The first-order valence-corrected chi connectivity index (χ1v) is 7.26. The fraction of sp³-hybridized carbons (Fsp3) is 0.533. The van der Waals surface area contributed by atoms with Gasteiger partial charge in [-0.25, -0.2) is 0 Å². The second kappa shape index (κ2) is 7.11. The van der Waals surface area contributed by atoms with Crippen molar-refractivity contribution in [2.75, 3.05) is 20.8 Å². The van der Waals surface area contributed by atoms with Crippen molar-refractivity contribution < 1.29 is 19.4 Å². The Kier molecular flexibility index (Phi) is 5.45. The first-order chi connectivity index (χ1) is 10.0. The highest BCUT2D eigenvalue weighted by Gasteiger charge is 2.38. The minimum Gasteiger partial charge on any atom is -0.482 e. The van der Waals surface area contributed by atoms with E-state index in [0.717, 1.165) is 6.42 Å². The highest BCUT2D eigenvalue weighted by molar-refractivity contribution is 6.32. The molecule has 0 aliphatic heterocycles. The number of hydrogen-bond acceptors (Lipinski definition) is 4. The molecule has 0 spiro atoms. The average Bonchev–Trinajstić information content (AvgIpc) is 2.86. The summed E-state index contributed by atoms with van der Waals surface area (Å²) in [6, 6.07) is 6.76. The van der Waals surface area contributed by atoms with Crippen LogP contribution < -0.4 is 4.74 Å². The second-order valence-electron chi connectivity index (χ2n) is 5.13. The lowest BCUT2D eigenvalue weighted by atomic mass is 10.2. The third kappa shape index (κ3) is 3.67. The Balaban J connectivity index is 1.90. The molecule has 6 heteroatoms. The van der Waals surface area contributed by atoms with Crippen molar-refractivity contribution in [1.82, 2.24) is 4.90 Å². The van der Waals surface area contributed by atoms with Crippen LogP contribution in [0.25, 0.3) is 0 Å². The molecule has 0 unspecified atom stereocenters. The van der Waals surface area contributed by atoms with Gasteiger partial charge in [0.25, 0.3) is 5.91 Å². The Morgan fingerprint density at radius 1 is 1.43 bits per heavy atom. The molecule has 1 fully saturated rings. The zero-order chi connectivity index (χ0) is 15.4. The van der Waals surface area contributed by atoms with Gasteiger partial charge >= 0.3 is 0 Å². The van der Waals surface area contributed by atoms with Crippen molar-refractivity contribution in [3.05, 3.63) is 29.3 Å². The number of aliphatic hydroxyl groups excluding tert-OH is 1. The van der Waals surface area contributed by atoms with Crippen LogP contribution in [0.2, 0.25) is 5.02 Å². The summed E-state index contributed by atoms with van der Waals surface area (Å²) in [5.74, 6) is 0.276. The van der Waals surface area contributed by atoms with Crippen molar-refractivity contribution in [2.45, 2.75) is 31.1 Å². The molecular formula is C15H20ClNO4. The first kappa shape index (κ1) is 16.1. The molecule has 1 amide bonds. The number of carbonyl (C=O) groups excluding carboxylic acids is 1. The molecule has 1 aliphatic rings. The number of nitrogens with zero attached hydrogens (tertiary/aromatic N) is 1. The van der Waals surface area contributed by atoms with Crippen LogP contribution in [-0.4, -0.2) is 54.9 Å². The average molecular weight is 314 g/mol. The molecule has 0 heterocycles. The monoisotopic (exact) mass is 313 g/mol. The molecule has 1 aromatic carbocycles. The van der Waals surface area contributed by atoms with Crippen LogP contribution in [0.15, 0.2) is 24.3 Å². The normalized spacial score (nSPS) is 24.9. The summed E-state index contributed by atoms with van der Waals surface area (Å²) in [6.45, 7) is -0.110. The minimum absolute atomic E-state index is 0.110. The molecular weight excluding hydrogens is 294 g/mol. The van der Waals surface area contributed by atoms with Crippen molar-refractivity contribution in [3.63, 3.8) is 0 Å². The van der Waals surface area contributed by atoms with Gasteiger partial charge in [-0.15, -0.1) is 0 Å². The summed E-state index contributed by atoms with van der Waals surface area (Å²) in [4.78, 5) is 13.7. The van der Waals surface area contributed by atoms with Crippen molar-refractivity contribution in [2.24, 2.45) is 0 Å². The van der Waals surface area contributed by atoms with Gasteiger partial charge in [-0.3, -0.25) is 4.79 Å². The van der Waals surface area contributed by atoms with Gasteiger partial charge in [-0.05, 0) is 25.0 Å². The number of aliphatic hydroxyl groups is 1. The zero-order valence-corrected chi connectivity index (χ0v) is 12.9. The Bertz CT molecular complexity index is 496. The van der Waals surface area contributed by atoms with E-state index in [1.54, 1.807) is 38.4 Å². The third-order valence-corrected chi connectivity index (χ3v) is 4.22. The van der Waals surface area contributed by atoms with E-state index in [1.165, 1.54) is 4.90 Å². The second-order valence-corrected chi connectivity index (χ2v) is 5.54. The molecule has 1 N–H and O–H groups in total. The Hall–Kier alpha value is -1.30.